The third-order valence-electron chi connectivity index (χ3n) is 3.56. The molecule has 0 amide bonds. The van der Waals surface area contributed by atoms with Crippen molar-refractivity contribution in [1.82, 2.24) is 14.8 Å². The lowest BCUT2D eigenvalue weighted by Crippen LogP contribution is -2.41. The molecule has 3 aromatic rings. The second-order valence-electron chi connectivity index (χ2n) is 5.51. The topological polar surface area (TPSA) is 77.2 Å². The Kier molecular flexibility index (Phi) is 6.75. The summed E-state index contributed by atoms with van der Waals surface area (Å²) in [7, 11) is 0. The number of carbonyl (C=O) groups is 1. The first-order valence-corrected chi connectivity index (χ1v) is 8.56. The number of carboxylic acids is 1. The van der Waals surface area contributed by atoms with Crippen molar-refractivity contribution in [2.75, 3.05) is 0 Å². The Balaban J connectivity index is 0.00000155. The molecule has 3 rings (SSSR count). The molecule has 1 aromatic heterocycles. The van der Waals surface area contributed by atoms with Gasteiger partial charge in [-0.25, -0.2) is 14.5 Å². The number of hydrogen-bond donors (Lipinski definition) is 1. The molecular weight excluding hydrogens is 413 g/mol. The fraction of sp³-hybridized carbons (Fsp3) is 0.211. The van der Waals surface area contributed by atoms with E-state index in [0.29, 0.717) is 11.3 Å². The standard InChI is InChI=1S/C17H10F5N3O3.C2H6/c18-16(19,20)17(21,22)28-13-7-5-12(6-8-13)25-9-23-14(24-25)10-1-3-11(4-2-10)15(26)27;1-2/h1-9H,(H,26,27);1-2H3. The molecule has 6 nitrogen and oxygen atoms in total. The molecule has 0 aliphatic rings. The van der Waals surface area contributed by atoms with Crippen LogP contribution >= 0.6 is 0 Å². The summed E-state index contributed by atoms with van der Waals surface area (Å²) in [6, 6.07) is 10.1. The largest absolute Gasteiger partial charge is 0.499 e. The van der Waals surface area contributed by atoms with E-state index in [-0.39, 0.29) is 11.4 Å². The Labute approximate surface area is 167 Å². The molecule has 0 aliphatic heterocycles. The van der Waals surface area contributed by atoms with E-state index in [9.17, 15) is 26.7 Å². The molecule has 2 aromatic carbocycles. The maximum atomic E-state index is 12.9. The maximum Gasteiger partial charge on any atom is 0.499 e. The van der Waals surface area contributed by atoms with Gasteiger partial charge in [-0.3, -0.25) is 0 Å². The van der Waals surface area contributed by atoms with Crippen molar-refractivity contribution < 1.29 is 36.6 Å². The molecule has 0 unspecified atom stereocenters. The molecule has 0 bridgehead atoms. The zero-order chi connectivity index (χ0) is 22.5. The first kappa shape index (κ1) is 22.8. The molecule has 0 saturated carbocycles. The zero-order valence-corrected chi connectivity index (χ0v) is 15.7. The van der Waals surface area contributed by atoms with E-state index >= 15 is 0 Å². The Morgan fingerprint density at radius 2 is 1.53 bits per heavy atom. The normalized spacial score (nSPS) is 11.4. The molecule has 0 radical (unpaired) electrons. The van der Waals surface area contributed by atoms with Crippen LogP contribution in [0.5, 0.6) is 5.75 Å². The molecule has 1 heterocycles. The SMILES string of the molecule is CC.O=C(O)c1ccc(-c2ncn(-c3ccc(OC(F)(F)C(F)(F)F)cc3)n2)cc1. The molecule has 0 saturated heterocycles. The zero-order valence-electron chi connectivity index (χ0n) is 15.7. The van der Waals surface area contributed by atoms with Gasteiger partial charge in [-0.15, -0.1) is 5.10 Å². The second-order valence-corrected chi connectivity index (χ2v) is 5.51. The van der Waals surface area contributed by atoms with Crippen LogP contribution in [0.15, 0.2) is 54.9 Å². The molecule has 1 N–H and O–H groups in total. The summed E-state index contributed by atoms with van der Waals surface area (Å²) in [6.07, 6.45) is -9.83. The van der Waals surface area contributed by atoms with Gasteiger partial charge in [-0.2, -0.15) is 22.0 Å². The molecule has 11 heteroatoms. The number of ether oxygens (including phenoxy) is 1. The van der Waals surface area contributed by atoms with Gasteiger partial charge in [0.15, 0.2) is 5.82 Å². The molecule has 30 heavy (non-hydrogen) atoms. The van der Waals surface area contributed by atoms with Gasteiger partial charge in [-0.1, -0.05) is 26.0 Å². The van der Waals surface area contributed by atoms with Gasteiger partial charge in [0.2, 0.25) is 0 Å². The minimum Gasteiger partial charge on any atom is -0.478 e. The van der Waals surface area contributed by atoms with Crippen LogP contribution in [0.25, 0.3) is 17.1 Å². The van der Waals surface area contributed by atoms with Gasteiger partial charge >= 0.3 is 18.3 Å². The summed E-state index contributed by atoms with van der Waals surface area (Å²) in [4.78, 5) is 14.9. The highest BCUT2D eigenvalue weighted by Crippen LogP contribution is 2.37. The highest BCUT2D eigenvalue weighted by molar-refractivity contribution is 5.88. The molecular formula is C19H16F5N3O3. The highest BCUT2D eigenvalue weighted by Gasteiger charge is 2.61. The first-order valence-electron chi connectivity index (χ1n) is 8.56. The fourth-order valence-electron chi connectivity index (χ4n) is 2.15. The first-order chi connectivity index (χ1) is 14.1. The summed E-state index contributed by atoms with van der Waals surface area (Å²) in [5.41, 5.74) is 0.964. The highest BCUT2D eigenvalue weighted by atomic mass is 19.4. The smallest absolute Gasteiger partial charge is 0.478 e. The number of alkyl halides is 5. The van der Waals surface area contributed by atoms with Crippen LogP contribution < -0.4 is 4.74 Å². The number of carboxylic acid groups (broad SMARTS) is 1. The predicted octanol–water partition coefficient (Wildman–Crippen LogP) is 5.19. The van der Waals surface area contributed by atoms with Crippen molar-refractivity contribution in [1.29, 1.82) is 0 Å². The van der Waals surface area contributed by atoms with Crippen molar-refractivity contribution in [3.63, 3.8) is 0 Å². The van der Waals surface area contributed by atoms with E-state index in [1.807, 2.05) is 13.8 Å². The lowest BCUT2D eigenvalue weighted by Gasteiger charge is -2.20. The molecule has 160 valence electrons. The van der Waals surface area contributed by atoms with Gasteiger partial charge in [0.25, 0.3) is 0 Å². The number of nitrogens with zero attached hydrogens (tertiary/aromatic N) is 3. The van der Waals surface area contributed by atoms with Crippen molar-refractivity contribution in [2.24, 2.45) is 0 Å². The molecule has 0 atom stereocenters. The Bertz CT molecular complexity index is 984. The molecule has 0 aliphatic carbocycles. The Morgan fingerprint density at radius 1 is 0.967 bits per heavy atom. The molecule has 0 fully saturated rings. The van der Waals surface area contributed by atoms with E-state index in [1.54, 1.807) is 0 Å². The van der Waals surface area contributed by atoms with E-state index in [1.165, 1.54) is 47.4 Å². The molecule has 0 spiro atoms. The number of aromatic carboxylic acids is 1. The summed E-state index contributed by atoms with van der Waals surface area (Å²) in [5.74, 6) is -1.49. The van der Waals surface area contributed by atoms with Crippen LogP contribution in [0.3, 0.4) is 0 Å². The van der Waals surface area contributed by atoms with Gasteiger partial charge < -0.3 is 9.84 Å². The Morgan fingerprint density at radius 3 is 2.03 bits per heavy atom. The van der Waals surface area contributed by atoms with Crippen molar-refractivity contribution >= 4 is 5.97 Å². The lowest BCUT2D eigenvalue weighted by atomic mass is 10.1. The van der Waals surface area contributed by atoms with Crippen LogP contribution in [0.1, 0.15) is 24.2 Å². The van der Waals surface area contributed by atoms with Crippen LogP contribution in [0, 0.1) is 0 Å². The average molecular weight is 429 g/mol. The lowest BCUT2D eigenvalue weighted by molar-refractivity contribution is -0.360. The van der Waals surface area contributed by atoms with Gasteiger partial charge in [0.05, 0.1) is 11.3 Å². The van der Waals surface area contributed by atoms with Gasteiger partial charge in [0, 0.05) is 5.56 Å². The average Bonchev–Trinajstić information content (AvgIpc) is 3.19. The third-order valence-corrected chi connectivity index (χ3v) is 3.56. The van der Waals surface area contributed by atoms with Crippen LogP contribution in [-0.2, 0) is 0 Å². The van der Waals surface area contributed by atoms with E-state index < -0.39 is 24.0 Å². The van der Waals surface area contributed by atoms with E-state index in [4.69, 9.17) is 5.11 Å². The summed E-state index contributed by atoms with van der Waals surface area (Å²) in [5, 5.41) is 13.0. The van der Waals surface area contributed by atoms with Crippen molar-refractivity contribution in [2.45, 2.75) is 26.1 Å². The fourth-order valence-corrected chi connectivity index (χ4v) is 2.15. The van der Waals surface area contributed by atoms with Crippen LogP contribution in [-0.4, -0.2) is 38.1 Å². The number of rotatable bonds is 5. The van der Waals surface area contributed by atoms with Crippen LogP contribution in [0.4, 0.5) is 22.0 Å². The predicted molar refractivity (Wildman–Crippen MR) is 96.7 cm³/mol. The minimum atomic E-state index is -5.83. The monoisotopic (exact) mass is 429 g/mol. The number of halogens is 5. The van der Waals surface area contributed by atoms with Crippen LogP contribution in [0.2, 0.25) is 0 Å². The maximum absolute atomic E-state index is 12.9. The second kappa shape index (κ2) is 8.89. The number of hydrogen-bond acceptors (Lipinski definition) is 4. The van der Waals surface area contributed by atoms with Crippen molar-refractivity contribution in [3.8, 4) is 22.8 Å². The number of benzene rings is 2. The van der Waals surface area contributed by atoms with E-state index in [0.717, 1.165) is 12.1 Å². The van der Waals surface area contributed by atoms with Gasteiger partial charge in [-0.05, 0) is 36.4 Å². The Hall–Kier alpha value is -3.50. The number of aromatic nitrogens is 3. The van der Waals surface area contributed by atoms with E-state index in [2.05, 4.69) is 14.8 Å². The quantitative estimate of drug-likeness (QED) is 0.565. The summed E-state index contributed by atoms with van der Waals surface area (Å²) < 4.78 is 67.3. The summed E-state index contributed by atoms with van der Waals surface area (Å²) in [6.45, 7) is 4.00. The minimum absolute atomic E-state index is 0.0921. The summed E-state index contributed by atoms with van der Waals surface area (Å²) >= 11 is 0. The van der Waals surface area contributed by atoms with Gasteiger partial charge in [0.1, 0.15) is 12.1 Å². The van der Waals surface area contributed by atoms with Crippen molar-refractivity contribution in [3.05, 3.63) is 60.4 Å². The third kappa shape index (κ3) is 5.10.